The van der Waals surface area contributed by atoms with E-state index in [0.717, 1.165) is 5.56 Å². The zero-order valence-electron chi connectivity index (χ0n) is 10.5. The molecule has 0 fully saturated rings. The van der Waals surface area contributed by atoms with Gasteiger partial charge in [-0.2, -0.15) is 5.26 Å². The lowest BCUT2D eigenvalue weighted by atomic mass is 10.1. The number of hydrogen-bond acceptors (Lipinski definition) is 3. The molecule has 96 valence electrons. The van der Waals surface area contributed by atoms with E-state index in [2.05, 4.69) is 11.4 Å². The summed E-state index contributed by atoms with van der Waals surface area (Å²) in [6.45, 7) is 0.709. The van der Waals surface area contributed by atoms with Crippen LogP contribution in [0.5, 0.6) is 11.5 Å². The lowest BCUT2D eigenvalue weighted by Gasteiger charge is -2.10. The molecule has 3 nitrogen and oxygen atoms in total. The Morgan fingerprint density at radius 3 is 2.68 bits per heavy atom. The van der Waals surface area contributed by atoms with Gasteiger partial charge in [-0.1, -0.05) is 29.8 Å². The van der Waals surface area contributed by atoms with Gasteiger partial charge in [0.15, 0.2) is 0 Å². The molecule has 19 heavy (non-hydrogen) atoms. The van der Waals surface area contributed by atoms with Crippen LogP contribution in [-0.4, -0.2) is 7.05 Å². The standard InChI is InChI=1S/C15H13ClN2O/c1-18-10-11-6-7-14(12(8-11)9-17)19-15-5-3-2-4-13(15)16/h2-8,18H,10H2,1H3. The summed E-state index contributed by atoms with van der Waals surface area (Å²) in [5, 5.41) is 12.7. The number of nitriles is 1. The fourth-order valence-corrected chi connectivity index (χ4v) is 1.89. The molecule has 0 aromatic heterocycles. The van der Waals surface area contributed by atoms with Gasteiger partial charge in [0, 0.05) is 6.54 Å². The van der Waals surface area contributed by atoms with Crippen LogP contribution in [0.15, 0.2) is 42.5 Å². The van der Waals surface area contributed by atoms with E-state index in [9.17, 15) is 5.26 Å². The smallest absolute Gasteiger partial charge is 0.146 e. The summed E-state index contributed by atoms with van der Waals surface area (Å²) in [5.41, 5.74) is 1.53. The van der Waals surface area contributed by atoms with E-state index in [4.69, 9.17) is 16.3 Å². The van der Waals surface area contributed by atoms with Crippen LogP contribution in [0.25, 0.3) is 0 Å². The second-order valence-electron chi connectivity index (χ2n) is 4.01. The van der Waals surface area contributed by atoms with Crippen molar-refractivity contribution in [1.29, 1.82) is 5.26 Å². The number of nitrogens with zero attached hydrogens (tertiary/aromatic N) is 1. The number of benzene rings is 2. The van der Waals surface area contributed by atoms with E-state index in [1.807, 2.05) is 31.3 Å². The highest BCUT2D eigenvalue weighted by atomic mass is 35.5. The molecular weight excluding hydrogens is 260 g/mol. The predicted molar refractivity (Wildman–Crippen MR) is 75.4 cm³/mol. The molecule has 0 amide bonds. The van der Waals surface area contributed by atoms with E-state index >= 15 is 0 Å². The first-order valence-corrected chi connectivity index (χ1v) is 6.22. The SMILES string of the molecule is CNCc1ccc(Oc2ccccc2Cl)c(C#N)c1. The Morgan fingerprint density at radius 2 is 2.00 bits per heavy atom. The quantitative estimate of drug-likeness (QED) is 0.922. The highest BCUT2D eigenvalue weighted by molar-refractivity contribution is 6.32. The highest BCUT2D eigenvalue weighted by Gasteiger charge is 2.08. The van der Waals surface area contributed by atoms with E-state index in [0.29, 0.717) is 28.6 Å². The highest BCUT2D eigenvalue weighted by Crippen LogP contribution is 2.31. The molecule has 0 bridgehead atoms. The molecule has 0 saturated carbocycles. The fraction of sp³-hybridized carbons (Fsp3) is 0.133. The lowest BCUT2D eigenvalue weighted by molar-refractivity contribution is 0.481. The van der Waals surface area contributed by atoms with Crippen molar-refractivity contribution in [2.45, 2.75) is 6.54 Å². The third-order valence-corrected chi connectivity index (χ3v) is 2.91. The van der Waals surface area contributed by atoms with Gasteiger partial charge in [-0.25, -0.2) is 0 Å². The van der Waals surface area contributed by atoms with Crippen LogP contribution in [0.2, 0.25) is 5.02 Å². The van der Waals surface area contributed by atoms with Crippen LogP contribution in [0, 0.1) is 11.3 Å². The summed E-state index contributed by atoms with van der Waals surface area (Å²) in [6, 6.07) is 14.8. The molecule has 0 atom stereocenters. The third kappa shape index (κ3) is 3.25. The molecule has 0 spiro atoms. The van der Waals surface area contributed by atoms with Crippen LogP contribution in [0.4, 0.5) is 0 Å². The molecule has 2 aromatic rings. The van der Waals surface area contributed by atoms with Gasteiger partial charge in [0.1, 0.15) is 17.6 Å². The maximum Gasteiger partial charge on any atom is 0.146 e. The monoisotopic (exact) mass is 272 g/mol. The van der Waals surface area contributed by atoms with E-state index in [1.54, 1.807) is 18.2 Å². The van der Waals surface area contributed by atoms with Gasteiger partial charge in [0.05, 0.1) is 10.6 Å². The zero-order chi connectivity index (χ0) is 13.7. The maximum atomic E-state index is 9.18. The number of rotatable bonds is 4. The van der Waals surface area contributed by atoms with E-state index < -0.39 is 0 Å². The largest absolute Gasteiger partial charge is 0.454 e. The van der Waals surface area contributed by atoms with Crippen molar-refractivity contribution < 1.29 is 4.74 Å². The van der Waals surface area contributed by atoms with Crippen LogP contribution in [0.3, 0.4) is 0 Å². The van der Waals surface area contributed by atoms with Crippen molar-refractivity contribution in [3.8, 4) is 17.6 Å². The number of para-hydroxylation sites is 1. The summed E-state index contributed by atoms with van der Waals surface area (Å²) in [5.74, 6) is 1.05. The Kier molecular flexibility index (Phi) is 4.40. The van der Waals surface area contributed by atoms with Gasteiger partial charge in [0.25, 0.3) is 0 Å². The predicted octanol–water partition coefficient (Wildman–Crippen LogP) is 3.72. The number of nitrogens with one attached hydrogen (secondary N) is 1. The number of ether oxygens (including phenoxy) is 1. The van der Waals surface area contributed by atoms with Crippen molar-refractivity contribution in [3.05, 3.63) is 58.6 Å². The molecule has 0 aliphatic rings. The summed E-state index contributed by atoms with van der Waals surface area (Å²) in [6.07, 6.45) is 0. The van der Waals surface area contributed by atoms with Gasteiger partial charge in [-0.05, 0) is 36.9 Å². The third-order valence-electron chi connectivity index (χ3n) is 2.60. The summed E-state index contributed by atoms with van der Waals surface area (Å²) >= 11 is 6.03. The lowest BCUT2D eigenvalue weighted by Crippen LogP contribution is -2.05. The Bertz CT molecular complexity index is 620. The summed E-state index contributed by atoms with van der Waals surface area (Å²) in [4.78, 5) is 0. The Labute approximate surface area is 117 Å². The molecule has 0 saturated heterocycles. The van der Waals surface area contributed by atoms with E-state index in [1.165, 1.54) is 0 Å². The number of hydrogen-bond donors (Lipinski definition) is 1. The first kappa shape index (κ1) is 13.4. The van der Waals surface area contributed by atoms with Crippen molar-refractivity contribution in [1.82, 2.24) is 5.32 Å². The van der Waals surface area contributed by atoms with Gasteiger partial charge < -0.3 is 10.1 Å². The maximum absolute atomic E-state index is 9.18. The summed E-state index contributed by atoms with van der Waals surface area (Å²) in [7, 11) is 1.86. The van der Waals surface area contributed by atoms with Crippen molar-refractivity contribution in [2.24, 2.45) is 0 Å². The molecule has 4 heteroatoms. The van der Waals surface area contributed by atoms with Gasteiger partial charge in [-0.15, -0.1) is 0 Å². The number of halogens is 1. The van der Waals surface area contributed by atoms with Gasteiger partial charge in [0.2, 0.25) is 0 Å². The second kappa shape index (κ2) is 6.24. The average molecular weight is 273 g/mol. The first-order valence-electron chi connectivity index (χ1n) is 5.84. The van der Waals surface area contributed by atoms with Crippen LogP contribution < -0.4 is 10.1 Å². The fourth-order valence-electron chi connectivity index (χ4n) is 1.71. The van der Waals surface area contributed by atoms with E-state index in [-0.39, 0.29) is 0 Å². The van der Waals surface area contributed by atoms with Crippen LogP contribution in [-0.2, 0) is 6.54 Å². The minimum absolute atomic E-state index is 0.493. The molecule has 0 aliphatic heterocycles. The molecule has 1 N–H and O–H groups in total. The minimum Gasteiger partial charge on any atom is -0.454 e. The molecule has 0 radical (unpaired) electrons. The minimum atomic E-state index is 0.493. The van der Waals surface area contributed by atoms with Crippen molar-refractivity contribution >= 4 is 11.6 Å². The Hall–Kier alpha value is -2.02. The molecule has 2 rings (SSSR count). The topological polar surface area (TPSA) is 45.0 Å². The molecular formula is C15H13ClN2O. The zero-order valence-corrected chi connectivity index (χ0v) is 11.2. The molecule has 0 unspecified atom stereocenters. The van der Waals surface area contributed by atoms with Crippen LogP contribution >= 0.6 is 11.6 Å². The molecule has 2 aromatic carbocycles. The molecule has 0 aliphatic carbocycles. The van der Waals surface area contributed by atoms with Crippen molar-refractivity contribution in [3.63, 3.8) is 0 Å². The Balaban J connectivity index is 2.31. The van der Waals surface area contributed by atoms with Crippen LogP contribution in [0.1, 0.15) is 11.1 Å². The molecule has 0 heterocycles. The normalized spacial score (nSPS) is 9.95. The van der Waals surface area contributed by atoms with Crippen molar-refractivity contribution in [2.75, 3.05) is 7.05 Å². The average Bonchev–Trinajstić information content (AvgIpc) is 2.43. The van der Waals surface area contributed by atoms with Gasteiger partial charge in [-0.3, -0.25) is 0 Å². The van der Waals surface area contributed by atoms with Gasteiger partial charge >= 0.3 is 0 Å². The summed E-state index contributed by atoms with van der Waals surface area (Å²) < 4.78 is 5.69. The second-order valence-corrected chi connectivity index (χ2v) is 4.41. The first-order chi connectivity index (χ1) is 9.24. The Morgan fingerprint density at radius 1 is 1.21 bits per heavy atom.